The number of hydrogen-bond donors (Lipinski definition) is 0. The summed E-state index contributed by atoms with van der Waals surface area (Å²) >= 11 is 8.01. The van der Waals surface area contributed by atoms with Crippen LogP contribution in [0.2, 0.25) is 5.02 Å². The number of halogens is 2. The number of hydrogen-bond acceptors (Lipinski definition) is 2. The molecule has 0 fully saturated rings. The molecule has 0 bridgehead atoms. The lowest BCUT2D eigenvalue weighted by Crippen LogP contribution is -2.06. The highest BCUT2D eigenvalue weighted by molar-refractivity contribution is 14.1. The minimum atomic E-state index is -3.32. The number of rotatable bonds is 3. The van der Waals surface area contributed by atoms with E-state index in [0.717, 1.165) is 9.13 Å². The Hall–Kier alpha value is -0.590. The van der Waals surface area contributed by atoms with Crippen molar-refractivity contribution < 1.29 is 8.42 Å². The predicted octanol–water partition coefficient (Wildman–Crippen LogP) is 3.92. The highest BCUT2D eigenvalue weighted by Gasteiger charge is 2.16. The van der Waals surface area contributed by atoms with E-state index in [1.54, 1.807) is 42.5 Å². The molecule has 94 valence electrons. The first-order valence-corrected chi connectivity index (χ1v) is 8.32. The molecule has 0 unspecified atom stereocenters. The molecule has 0 saturated carbocycles. The molecule has 0 aliphatic carbocycles. The molecule has 0 amide bonds. The first kappa shape index (κ1) is 13.8. The van der Waals surface area contributed by atoms with Crippen LogP contribution in [0.1, 0.15) is 5.56 Å². The average Bonchev–Trinajstić information content (AvgIpc) is 2.35. The second-order valence-corrected chi connectivity index (χ2v) is 7.40. The molecule has 0 radical (unpaired) electrons. The molecule has 0 aliphatic rings. The van der Waals surface area contributed by atoms with Gasteiger partial charge in [0.1, 0.15) is 0 Å². The molecule has 0 spiro atoms. The van der Waals surface area contributed by atoms with Crippen molar-refractivity contribution in [2.45, 2.75) is 10.6 Å². The first-order chi connectivity index (χ1) is 8.49. The molecule has 5 heteroatoms. The maximum Gasteiger partial charge on any atom is 0.182 e. The van der Waals surface area contributed by atoms with Gasteiger partial charge in [0.05, 0.1) is 10.6 Å². The van der Waals surface area contributed by atoms with E-state index >= 15 is 0 Å². The van der Waals surface area contributed by atoms with Gasteiger partial charge in [-0.2, -0.15) is 0 Å². The third-order valence-corrected chi connectivity index (χ3v) is 5.42. The van der Waals surface area contributed by atoms with Gasteiger partial charge in [-0.15, -0.1) is 0 Å². The summed E-state index contributed by atoms with van der Waals surface area (Å²) in [5.41, 5.74) is 0.729. The average molecular weight is 393 g/mol. The van der Waals surface area contributed by atoms with E-state index in [1.165, 1.54) is 0 Å². The summed E-state index contributed by atoms with van der Waals surface area (Å²) in [6.45, 7) is 0. The molecule has 0 aromatic heterocycles. The standard InChI is InChI=1S/C13H10ClIO2S/c14-11-6-7-13(15)10(8-11)9-18(16,17)12-4-2-1-3-5-12/h1-8H,9H2. The van der Waals surface area contributed by atoms with Crippen LogP contribution < -0.4 is 0 Å². The number of benzene rings is 2. The molecule has 2 rings (SSSR count). The second-order valence-electron chi connectivity index (χ2n) is 3.81. The molecular weight excluding hydrogens is 383 g/mol. The van der Waals surface area contributed by atoms with Crippen LogP contribution in [0.25, 0.3) is 0 Å². The first-order valence-electron chi connectivity index (χ1n) is 5.21. The zero-order chi connectivity index (χ0) is 13.2. The van der Waals surface area contributed by atoms with E-state index in [4.69, 9.17) is 11.6 Å². The van der Waals surface area contributed by atoms with Crippen LogP contribution >= 0.6 is 34.2 Å². The molecule has 2 aromatic rings. The Morgan fingerprint density at radius 3 is 2.39 bits per heavy atom. The van der Waals surface area contributed by atoms with Crippen molar-refractivity contribution in [3.63, 3.8) is 0 Å². The Bertz CT molecular complexity index is 654. The van der Waals surface area contributed by atoms with Gasteiger partial charge in [-0.3, -0.25) is 0 Å². The summed E-state index contributed by atoms with van der Waals surface area (Å²) in [7, 11) is -3.32. The summed E-state index contributed by atoms with van der Waals surface area (Å²) in [6, 6.07) is 13.7. The fraction of sp³-hybridized carbons (Fsp3) is 0.0769. The zero-order valence-electron chi connectivity index (χ0n) is 9.31. The molecule has 0 heterocycles. The lowest BCUT2D eigenvalue weighted by atomic mass is 10.2. The highest BCUT2D eigenvalue weighted by Crippen LogP contribution is 2.23. The van der Waals surface area contributed by atoms with Crippen molar-refractivity contribution in [1.82, 2.24) is 0 Å². The Morgan fingerprint density at radius 1 is 1.06 bits per heavy atom. The molecule has 18 heavy (non-hydrogen) atoms. The monoisotopic (exact) mass is 392 g/mol. The van der Waals surface area contributed by atoms with Crippen LogP contribution in [-0.2, 0) is 15.6 Å². The van der Waals surface area contributed by atoms with E-state index in [9.17, 15) is 8.42 Å². The highest BCUT2D eigenvalue weighted by atomic mass is 127. The summed E-state index contributed by atoms with van der Waals surface area (Å²) in [5.74, 6) is -0.0319. The molecule has 0 N–H and O–H groups in total. The van der Waals surface area contributed by atoms with Gasteiger partial charge in [0.15, 0.2) is 9.84 Å². The fourth-order valence-corrected chi connectivity index (χ4v) is 3.94. The van der Waals surface area contributed by atoms with E-state index in [-0.39, 0.29) is 5.75 Å². The third-order valence-electron chi connectivity index (χ3n) is 2.46. The van der Waals surface area contributed by atoms with E-state index in [2.05, 4.69) is 22.6 Å². The SMILES string of the molecule is O=S(=O)(Cc1cc(Cl)ccc1I)c1ccccc1. The van der Waals surface area contributed by atoms with Gasteiger partial charge in [-0.05, 0) is 58.5 Å². The molecular formula is C13H10ClIO2S. The fourth-order valence-electron chi connectivity index (χ4n) is 1.57. The topological polar surface area (TPSA) is 34.1 Å². The Labute approximate surface area is 125 Å². The largest absolute Gasteiger partial charge is 0.223 e. The number of sulfone groups is 1. The Balaban J connectivity index is 2.37. The molecule has 2 aromatic carbocycles. The van der Waals surface area contributed by atoms with Crippen LogP contribution in [0.3, 0.4) is 0 Å². The predicted molar refractivity (Wildman–Crippen MR) is 81.5 cm³/mol. The van der Waals surface area contributed by atoms with Gasteiger partial charge < -0.3 is 0 Å². The van der Waals surface area contributed by atoms with Gasteiger partial charge in [0.25, 0.3) is 0 Å². The van der Waals surface area contributed by atoms with Crippen molar-refractivity contribution in [3.05, 3.63) is 62.7 Å². The van der Waals surface area contributed by atoms with Crippen molar-refractivity contribution >= 4 is 44.0 Å². The minimum Gasteiger partial charge on any atom is -0.223 e. The molecule has 0 atom stereocenters. The van der Waals surface area contributed by atoms with Crippen LogP contribution in [-0.4, -0.2) is 8.42 Å². The maximum absolute atomic E-state index is 12.2. The maximum atomic E-state index is 12.2. The van der Waals surface area contributed by atoms with Gasteiger partial charge >= 0.3 is 0 Å². The molecule has 0 saturated heterocycles. The zero-order valence-corrected chi connectivity index (χ0v) is 13.0. The minimum absolute atomic E-state index is 0.0319. The normalized spacial score (nSPS) is 11.4. The van der Waals surface area contributed by atoms with Crippen LogP contribution in [0, 0.1) is 3.57 Å². The van der Waals surface area contributed by atoms with Crippen LogP contribution in [0.5, 0.6) is 0 Å². The van der Waals surface area contributed by atoms with Crippen molar-refractivity contribution in [1.29, 1.82) is 0 Å². The Kier molecular flexibility index (Phi) is 4.29. The quantitative estimate of drug-likeness (QED) is 0.742. The van der Waals surface area contributed by atoms with Crippen molar-refractivity contribution in [2.24, 2.45) is 0 Å². The van der Waals surface area contributed by atoms with Crippen LogP contribution in [0.4, 0.5) is 0 Å². The van der Waals surface area contributed by atoms with Gasteiger partial charge in [0, 0.05) is 8.59 Å². The third kappa shape index (κ3) is 3.24. The second kappa shape index (κ2) is 5.59. The van der Waals surface area contributed by atoms with E-state index < -0.39 is 9.84 Å². The van der Waals surface area contributed by atoms with Gasteiger partial charge in [-0.25, -0.2) is 8.42 Å². The van der Waals surface area contributed by atoms with Crippen molar-refractivity contribution in [2.75, 3.05) is 0 Å². The summed E-state index contributed by atoms with van der Waals surface area (Å²) < 4.78 is 25.3. The molecule has 2 nitrogen and oxygen atoms in total. The smallest absolute Gasteiger partial charge is 0.182 e. The van der Waals surface area contributed by atoms with E-state index in [0.29, 0.717) is 9.92 Å². The lowest BCUT2D eigenvalue weighted by molar-refractivity contribution is 0.595. The van der Waals surface area contributed by atoms with Crippen molar-refractivity contribution in [3.8, 4) is 0 Å². The van der Waals surface area contributed by atoms with Gasteiger partial charge in [0.2, 0.25) is 0 Å². The van der Waals surface area contributed by atoms with Gasteiger partial charge in [-0.1, -0.05) is 29.8 Å². The summed E-state index contributed by atoms with van der Waals surface area (Å²) in [5, 5.41) is 0.550. The van der Waals surface area contributed by atoms with Crippen LogP contribution in [0.15, 0.2) is 53.4 Å². The lowest BCUT2D eigenvalue weighted by Gasteiger charge is -2.07. The van der Waals surface area contributed by atoms with E-state index in [1.807, 2.05) is 6.07 Å². The summed E-state index contributed by atoms with van der Waals surface area (Å²) in [6.07, 6.45) is 0. The molecule has 0 aliphatic heterocycles. The summed E-state index contributed by atoms with van der Waals surface area (Å²) in [4.78, 5) is 0.334. The Morgan fingerprint density at radius 2 is 1.72 bits per heavy atom.